The maximum absolute atomic E-state index is 11.1. The first-order chi connectivity index (χ1) is 7.33. The number of carbonyl (C=O) groups is 1. The van der Waals surface area contributed by atoms with Gasteiger partial charge in [-0.1, -0.05) is 32.1 Å². The number of hydrogen-bond donors (Lipinski definition) is 3. The molecule has 4 heteroatoms. The van der Waals surface area contributed by atoms with Crippen LogP contribution in [-0.4, -0.2) is 30.8 Å². The molecule has 3 N–H and O–H groups in total. The van der Waals surface area contributed by atoms with Gasteiger partial charge in [0.2, 0.25) is 0 Å². The largest absolute Gasteiger partial charge is 0.395 e. The Morgan fingerprint density at radius 2 is 1.80 bits per heavy atom. The van der Waals surface area contributed by atoms with Crippen molar-refractivity contribution in [3.05, 3.63) is 0 Å². The van der Waals surface area contributed by atoms with E-state index in [0.29, 0.717) is 6.54 Å². The van der Waals surface area contributed by atoms with Gasteiger partial charge in [0.15, 0.2) is 0 Å². The zero-order valence-corrected chi connectivity index (χ0v) is 9.30. The zero-order chi connectivity index (χ0) is 10.9. The molecule has 0 unspecified atom stereocenters. The number of hydrogen-bond acceptors (Lipinski definition) is 2. The Balaban J connectivity index is 1.97. The number of nitrogens with one attached hydrogen (secondary N) is 2. The summed E-state index contributed by atoms with van der Waals surface area (Å²) in [5.74, 6) is 0.803. The van der Waals surface area contributed by atoms with Gasteiger partial charge in [-0.25, -0.2) is 4.79 Å². The Kier molecular flexibility index (Phi) is 6.16. The monoisotopic (exact) mass is 214 g/mol. The lowest BCUT2D eigenvalue weighted by Crippen LogP contribution is -2.38. The molecular weight excluding hydrogens is 192 g/mol. The van der Waals surface area contributed by atoms with Crippen molar-refractivity contribution in [2.45, 2.75) is 38.5 Å². The average molecular weight is 214 g/mol. The molecule has 1 fully saturated rings. The van der Waals surface area contributed by atoms with E-state index in [0.717, 1.165) is 18.9 Å². The number of urea groups is 1. The predicted octanol–water partition coefficient (Wildman–Crippen LogP) is 1.25. The van der Waals surface area contributed by atoms with Gasteiger partial charge < -0.3 is 15.7 Å². The summed E-state index contributed by atoms with van der Waals surface area (Å²) in [7, 11) is 0. The lowest BCUT2D eigenvalue weighted by atomic mass is 9.87. The molecule has 0 atom stereocenters. The van der Waals surface area contributed by atoms with Crippen LogP contribution in [-0.2, 0) is 0 Å². The fraction of sp³-hybridized carbons (Fsp3) is 0.909. The lowest BCUT2D eigenvalue weighted by molar-refractivity contribution is 0.232. The SMILES string of the molecule is O=C(NCCO)NCCC1CCCCC1. The van der Waals surface area contributed by atoms with Gasteiger partial charge in [-0.3, -0.25) is 0 Å². The minimum atomic E-state index is -0.167. The van der Waals surface area contributed by atoms with Gasteiger partial charge >= 0.3 is 6.03 Å². The molecular formula is C11H22N2O2. The minimum absolute atomic E-state index is 0.00392. The van der Waals surface area contributed by atoms with Crippen molar-refractivity contribution < 1.29 is 9.90 Å². The summed E-state index contributed by atoms with van der Waals surface area (Å²) in [5.41, 5.74) is 0. The van der Waals surface area contributed by atoms with Gasteiger partial charge in [0.05, 0.1) is 6.61 Å². The van der Waals surface area contributed by atoms with Crippen LogP contribution in [0, 0.1) is 5.92 Å². The van der Waals surface area contributed by atoms with Crippen molar-refractivity contribution in [3.8, 4) is 0 Å². The van der Waals surface area contributed by atoms with Crippen LogP contribution < -0.4 is 10.6 Å². The standard InChI is InChI=1S/C11H22N2O2/c14-9-8-13-11(15)12-7-6-10-4-2-1-3-5-10/h10,14H,1-9H2,(H2,12,13,15). The molecule has 1 aliphatic carbocycles. The van der Waals surface area contributed by atoms with Gasteiger partial charge in [-0.15, -0.1) is 0 Å². The number of aliphatic hydroxyl groups excluding tert-OH is 1. The van der Waals surface area contributed by atoms with Crippen molar-refractivity contribution in [2.24, 2.45) is 5.92 Å². The minimum Gasteiger partial charge on any atom is -0.395 e. The Morgan fingerprint density at radius 3 is 2.47 bits per heavy atom. The lowest BCUT2D eigenvalue weighted by Gasteiger charge is -2.21. The van der Waals surface area contributed by atoms with E-state index in [4.69, 9.17) is 5.11 Å². The highest BCUT2D eigenvalue weighted by atomic mass is 16.3. The summed E-state index contributed by atoms with van der Waals surface area (Å²) in [4.78, 5) is 11.1. The topological polar surface area (TPSA) is 61.4 Å². The number of aliphatic hydroxyl groups is 1. The molecule has 0 heterocycles. The van der Waals surface area contributed by atoms with Gasteiger partial charge in [-0.2, -0.15) is 0 Å². The van der Waals surface area contributed by atoms with Gasteiger partial charge in [0.25, 0.3) is 0 Å². The maximum Gasteiger partial charge on any atom is 0.314 e. The summed E-state index contributed by atoms with van der Waals surface area (Å²) in [6.45, 7) is 1.08. The van der Waals surface area contributed by atoms with E-state index in [-0.39, 0.29) is 12.6 Å². The molecule has 0 saturated heterocycles. The van der Waals surface area contributed by atoms with E-state index in [9.17, 15) is 4.79 Å². The van der Waals surface area contributed by atoms with Crippen LogP contribution in [0.15, 0.2) is 0 Å². The predicted molar refractivity (Wildman–Crippen MR) is 59.7 cm³/mol. The highest BCUT2D eigenvalue weighted by molar-refractivity contribution is 5.73. The van der Waals surface area contributed by atoms with E-state index < -0.39 is 0 Å². The van der Waals surface area contributed by atoms with Crippen LogP contribution in [0.25, 0.3) is 0 Å². The fourth-order valence-electron chi connectivity index (χ4n) is 2.10. The molecule has 0 aromatic rings. The molecule has 0 spiro atoms. The Hall–Kier alpha value is -0.770. The van der Waals surface area contributed by atoms with Crippen molar-refractivity contribution >= 4 is 6.03 Å². The van der Waals surface area contributed by atoms with Crippen LogP contribution in [0.5, 0.6) is 0 Å². The number of amides is 2. The van der Waals surface area contributed by atoms with Crippen LogP contribution in [0.1, 0.15) is 38.5 Å². The Labute approximate surface area is 91.4 Å². The molecule has 88 valence electrons. The average Bonchev–Trinajstić information content (AvgIpc) is 2.28. The second kappa shape index (κ2) is 7.51. The Morgan fingerprint density at radius 1 is 1.13 bits per heavy atom. The molecule has 1 aliphatic rings. The summed E-state index contributed by atoms with van der Waals surface area (Å²) in [5, 5.41) is 13.9. The summed E-state index contributed by atoms with van der Waals surface area (Å²) in [6.07, 6.45) is 7.80. The first-order valence-electron chi connectivity index (χ1n) is 5.95. The van der Waals surface area contributed by atoms with Crippen molar-refractivity contribution in [2.75, 3.05) is 19.7 Å². The highest BCUT2D eigenvalue weighted by Crippen LogP contribution is 2.25. The molecule has 2 amide bonds. The third-order valence-corrected chi connectivity index (χ3v) is 2.96. The third kappa shape index (κ3) is 5.62. The van der Waals surface area contributed by atoms with E-state index in [2.05, 4.69) is 10.6 Å². The quantitative estimate of drug-likeness (QED) is 0.645. The molecule has 1 rings (SSSR count). The summed E-state index contributed by atoms with van der Waals surface area (Å²) < 4.78 is 0. The smallest absolute Gasteiger partial charge is 0.314 e. The Bertz CT molecular complexity index is 179. The summed E-state index contributed by atoms with van der Waals surface area (Å²) >= 11 is 0. The second-order valence-corrected chi connectivity index (χ2v) is 4.20. The van der Waals surface area contributed by atoms with Gasteiger partial charge in [0, 0.05) is 13.1 Å². The van der Waals surface area contributed by atoms with E-state index in [1.54, 1.807) is 0 Å². The maximum atomic E-state index is 11.1. The first-order valence-corrected chi connectivity index (χ1v) is 5.95. The highest BCUT2D eigenvalue weighted by Gasteiger charge is 2.12. The normalized spacial score (nSPS) is 17.4. The van der Waals surface area contributed by atoms with E-state index >= 15 is 0 Å². The number of rotatable bonds is 5. The third-order valence-electron chi connectivity index (χ3n) is 2.96. The van der Waals surface area contributed by atoms with Crippen LogP contribution >= 0.6 is 0 Å². The molecule has 0 aromatic heterocycles. The van der Waals surface area contributed by atoms with Crippen molar-refractivity contribution in [3.63, 3.8) is 0 Å². The molecule has 0 radical (unpaired) electrons. The number of carbonyl (C=O) groups excluding carboxylic acids is 1. The van der Waals surface area contributed by atoms with Crippen LogP contribution in [0.2, 0.25) is 0 Å². The molecule has 0 bridgehead atoms. The summed E-state index contributed by atoms with van der Waals surface area (Å²) in [6, 6.07) is -0.167. The molecule has 0 aromatic carbocycles. The fourth-order valence-corrected chi connectivity index (χ4v) is 2.10. The second-order valence-electron chi connectivity index (χ2n) is 4.20. The molecule has 0 aliphatic heterocycles. The van der Waals surface area contributed by atoms with E-state index in [1.807, 2.05) is 0 Å². The zero-order valence-electron chi connectivity index (χ0n) is 9.30. The van der Waals surface area contributed by atoms with Gasteiger partial charge in [-0.05, 0) is 12.3 Å². The van der Waals surface area contributed by atoms with E-state index in [1.165, 1.54) is 32.1 Å². The molecule has 15 heavy (non-hydrogen) atoms. The molecule has 1 saturated carbocycles. The first kappa shape index (κ1) is 12.3. The van der Waals surface area contributed by atoms with Gasteiger partial charge in [0.1, 0.15) is 0 Å². The molecule has 4 nitrogen and oxygen atoms in total. The van der Waals surface area contributed by atoms with Crippen molar-refractivity contribution in [1.29, 1.82) is 0 Å². The van der Waals surface area contributed by atoms with Crippen molar-refractivity contribution in [1.82, 2.24) is 10.6 Å². The van der Waals surface area contributed by atoms with Crippen LogP contribution in [0.3, 0.4) is 0 Å². The van der Waals surface area contributed by atoms with Crippen LogP contribution in [0.4, 0.5) is 4.79 Å².